The van der Waals surface area contributed by atoms with Crippen LogP contribution in [-0.2, 0) is 0 Å². The molecule has 0 amide bonds. The fraction of sp³-hybridized carbons (Fsp3) is 0.353. The fourth-order valence-electron chi connectivity index (χ4n) is 2.69. The Bertz CT molecular complexity index is 682. The van der Waals surface area contributed by atoms with Gasteiger partial charge in [-0.2, -0.15) is 0 Å². The second-order valence-corrected chi connectivity index (χ2v) is 5.71. The molecule has 7 nitrogen and oxygen atoms in total. The van der Waals surface area contributed by atoms with Crippen LogP contribution in [0.15, 0.2) is 47.8 Å². The highest BCUT2D eigenvalue weighted by Crippen LogP contribution is 2.16. The monoisotopic (exact) mass is 343 g/mol. The van der Waals surface area contributed by atoms with Crippen LogP contribution in [-0.4, -0.2) is 60.1 Å². The molecule has 25 heavy (non-hydrogen) atoms. The molecule has 0 unspecified atom stereocenters. The number of hydrogen-bond acceptors (Lipinski definition) is 5. The van der Waals surface area contributed by atoms with Gasteiger partial charge in [0.05, 0.1) is 12.7 Å². The standard InChI is InChI=1S/C17H22FN7/c18-14-1-3-15(4-2-14)24-9-11-25(12-10-24)17(19)23-8-7-22-16-13-20-5-6-21-16/h1-6,13H,7-12H2,(H2,19,23)(H,21,22). The maximum atomic E-state index is 13.0. The van der Waals surface area contributed by atoms with Crippen molar-refractivity contribution in [3.05, 3.63) is 48.7 Å². The van der Waals surface area contributed by atoms with E-state index in [9.17, 15) is 4.39 Å². The van der Waals surface area contributed by atoms with Crippen molar-refractivity contribution in [3.63, 3.8) is 0 Å². The summed E-state index contributed by atoms with van der Waals surface area (Å²) in [5, 5.41) is 3.14. The van der Waals surface area contributed by atoms with Crippen molar-refractivity contribution in [1.82, 2.24) is 14.9 Å². The van der Waals surface area contributed by atoms with E-state index in [1.165, 1.54) is 12.1 Å². The van der Waals surface area contributed by atoms with Gasteiger partial charge in [-0.15, -0.1) is 0 Å². The lowest BCUT2D eigenvalue weighted by Gasteiger charge is -2.36. The summed E-state index contributed by atoms with van der Waals surface area (Å²) in [7, 11) is 0. The molecule has 0 radical (unpaired) electrons. The third kappa shape index (κ3) is 4.79. The smallest absolute Gasteiger partial charge is 0.191 e. The van der Waals surface area contributed by atoms with Gasteiger partial charge in [-0.1, -0.05) is 0 Å². The van der Waals surface area contributed by atoms with Crippen molar-refractivity contribution in [2.24, 2.45) is 10.7 Å². The van der Waals surface area contributed by atoms with Crippen molar-refractivity contribution in [2.45, 2.75) is 0 Å². The zero-order valence-corrected chi connectivity index (χ0v) is 14.0. The zero-order chi connectivity index (χ0) is 17.5. The summed E-state index contributed by atoms with van der Waals surface area (Å²) in [6, 6.07) is 6.59. The summed E-state index contributed by atoms with van der Waals surface area (Å²) in [5.74, 6) is 1.07. The molecule has 0 spiro atoms. The number of anilines is 2. The molecule has 2 aromatic rings. The van der Waals surface area contributed by atoms with E-state index in [-0.39, 0.29) is 5.82 Å². The van der Waals surface area contributed by atoms with Crippen LogP contribution in [0.4, 0.5) is 15.9 Å². The first-order valence-corrected chi connectivity index (χ1v) is 8.27. The quantitative estimate of drug-likeness (QED) is 0.482. The van der Waals surface area contributed by atoms with Crippen LogP contribution in [0, 0.1) is 5.82 Å². The molecule has 0 aliphatic carbocycles. The predicted octanol–water partition coefficient (Wildman–Crippen LogP) is 1.16. The van der Waals surface area contributed by atoms with Gasteiger partial charge in [0.25, 0.3) is 0 Å². The van der Waals surface area contributed by atoms with Crippen molar-refractivity contribution < 1.29 is 4.39 Å². The Kier molecular flexibility index (Phi) is 5.61. The van der Waals surface area contributed by atoms with Gasteiger partial charge >= 0.3 is 0 Å². The van der Waals surface area contributed by atoms with Crippen LogP contribution in [0.1, 0.15) is 0 Å². The second kappa shape index (κ2) is 8.27. The van der Waals surface area contributed by atoms with Gasteiger partial charge in [0, 0.05) is 50.8 Å². The lowest BCUT2D eigenvalue weighted by molar-refractivity contribution is 0.381. The predicted molar refractivity (Wildman–Crippen MR) is 97.2 cm³/mol. The summed E-state index contributed by atoms with van der Waals surface area (Å²) in [6.45, 7) is 4.48. The van der Waals surface area contributed by atoms with Crippen molar-refractivity contribution in [1.29, 1.82) is 0 Å². The summed E-state index contributed by atoms with van der Waals surface area (Å²) in [4.78, 5) is 16.8. The van der Waals surface area contributed by atoms with E-state index >= 15 is 0 Å². The van der Waals surface area contributed by atoms with E-state index in [1.807, 2.05) is 0 Å². The van der Waals surface area contributed by atoms with Gasteiger partial charge in [0.1, 0.15) is 11.6 Å². The number of piperazine rings is 1. The first-order valence-electron chi connectivity index (χ1n) is 8.27. The van der Waals surface area contributed by atoms with E-state index < -0.39 is 0 Å². The molecular formula is C17H22FN7. The average molecular weight is 343 g/mol. The normalized spacial score (nSPS) is 15.3. The molecule has 3 rings (SSSR count). The zero-order valence-electron chi connectivity index (χ0n) is 14.0. The van der Waals surface area contributed by atoms with E-state index in [4.69, 9.17) is 5.73 Å². The highest BCUT2D eigenvalue weighted by Gasteiger charge is 2.18. The summed E-state index contributed by atoms with van der Waals surface area (Å²) in [5.41, 5.74) is 7.12. The Morgan fingerprint density at radius 3 is 2.60 bits per heavy atom. The Hall–Kier alpha value is -2.90. The molecule has 2 heterocycles. The van der Waals surface area contributed by atoms with Crippen molar-refractivity contribution >= 4 is 17.5 Å². The van der Waals surface area contributed by atoms with Gasteiger partial charge in [-0.05, 0) is 24.3 Å². The number of guanidine groups is 1. The number of nitrogens with one attached hydrogen (secondary N) is 1. The minimum atomic E-state index is -0.214. The van der Waals surface area contributed by atoms with Gasteiger partial charge in [0.15, 0.2) is 5.96 Å². The fourth-order valence-corrected chi connectivity index (χ4v) is 2.69. The average Bonchev–Trinajstić information content (AvgIpc) is 2.67. The van der Waals surface area contributed by atoms with E-state index in [0.717, 1.165) is 37.7 Å². The highest BCUT2D eigenvalue weighted by atomic mass is 19.1. The number of nitrogens with zero attached hydrogens (tertiary/aromatic N) is 5. The molecule has 1 aliphatic heterocycles. The summed E-state index contributed by atoms with van der Waals surface area (Å²) < 4.78 is 13.0. The van der Waals surface area contributed by atoms with Crippen LogP contribution in [0.25, 0.3) is 0 Å². The Balaban J connectivity index is 1.43. The topological polar surface area (TPSA) is 82.7 Å². The Morgan fingerprint density at radius 1 is 1.16 bits per heavy atom. The van der Waals surface area contributed by atoms with Gasteiger partial charge < -0.3 is 20.9 Å². The molecule has 8 heteroatoms. The van der Waals surface area contributed by atoms with Crippen molar-refractivity contribution in [2.75, 3.05) is 49.5 Å². The largest absolute Gasteiger partial charge is 0.370 e. The number of aromatic nitrogens is 2. The van der Waals surface area contributed by atoms with Gasteiger partial charge in [-0.25, -0.2) is 9.37 Å². The molecule has 1 aromatic carbocycles. The lowest BCUT2D eigenvalue weighted by atomic mass is 10.2. The number of halogens is 1. The van der Waals surface area contributed by atoms with Gasteiger partial charge in [0.2, 0.25) is 0 Å². The molecular weight excluding hydrogens is 321 g/mol. The van der Waals surface area contributed by atoms with Crippen LogP contribution in [0.5, 0.6) is 0 Å². The molecule has 1 fully saturated rings. The van der Waals surface area contributed by atoms with E-state index in [0.29, 0.717) is 19.0 Å². The minimum Gasteiger partial charge on any atom is -0.370 e. The van der Waals surface area contributed by atoms with Crippen LogP contribution in [0.3, 0.4) is 0 Å². The number of aliphatic imine (C=N–C) groups is 1. The van der Waals surface area contributed by atoms with Gasteiger partial charge in [-0.3, -0.25) is 9.98 Å². The number of nitrogens with two attached hydrogens (primary N) is 1. The minimum absolute atomic E-state index is 0.214. The second-order valence-electron chi connectivity index (χ2n) is 5.71. The first-order chi connectivity index (χ1) is 12.2. The molecule has 1 aliphatic rings. The van der Waals surface area contributed by atoms with E-state index in [2.05, 4.69) is 30.1 Å². The number of benzene rings is 1. The third-order valence-corrected chi connectivity index (χ3v) is 4.05. The van der Waals surface area contributed by atoms with Crippen LogP contribution < -0.4 is 16.0 Å². The Morgan fingerprint density at radius 2 is 1.92 bits per heavy atom. The summed E-state index contributed by atoms with van der Waals surface area (Å²) in [6.07, 6.45) is 4.94. The molecule has 0 bridgehead atoms. The van der Waals surface area contributed by atoms with Crippen LogP contribution >= 0.6 is 0 Å². The molecule has 1 saturated heterocycles. The molecule has 3 N–H and O–H groups in total. The summed E-state index contributed by atoms with van der Waals surface area (Å²) >= 11 is 0. The maximum Gasteiger partial charge on any atom is 0.191 e. The third-order valence-electron chi connectivity index (χ3n) is 4.05. The molecule has 132 valence electrons. The number of hydrogen-bond donors (Lipinski definition) is 2. The maximum absolute atomic E-state index is 13.0. The molecule has 1 aromatic heterocycles. The number of rotatable bonds is 5. The highest BCUT2D eigenvalue weighted by molar-refractivity contribution is 5.78. The lowest BCUT2D eigenvalue weighted by Crippen LogP contribution is -2.51. The molecule has 0 saturated carbocycles. The SMILES string of the molecule is NC(=NCCNc1cnccn1)N1CCN(c2ccc(F)cc2)CC1. The molecule has 0 atom stereocenters. The van der Waals surface area contributed by atoms with Crippen molar-refractivity contribution in [3.8, 4) is 0 Å². The first kappa shape index (κ1) is 16.9. The van der Waals surface area contributed by atoms with E-state index in [1.54, 1.807) is 30.7 Å². The van der Waals surface area contributed by atoms with Crippen LogP contribution in [0.2, 0.25) is 0 Å². The Labute approximate surface area is 146 Å².